The Morgan fingerprint density at radius 1 is 1.08 bits per heavy atom. The Bertz CT molecular complexity index is 316. The van der Waals surface area contributed by atoms with Crippen LogP contribution in [0.4, 0.5) is 5.69 Å². The molecule has 0 unspecified atom stereocenters. The molecule has 13 heavy (non-hydrogen) atoms. The van der Waals surface area contributed by atoms with Crippen LogP contribution < -0.4 is 0 Å². The van der Waals surface area contributed by atoms with Crippen LogP contribution >= 0.6 is 0 Å². The van der Waals surface area contributed by atoms with Gasteiger partial charge in [-0.15, -0.1) is 0 Å². The third-order valence-corrected chi connectivity index (χ3v) is 1.56. The molecule has 0 aliphatic rings. The van der Waals surface area contributed by atoms with Crippen LogP contribution in [-0.4, -0.2) is 5.71 Å². The van der Waals surface area contributed by atoms with Crippen LogP contribution in [-0.2, 0) is 0 Å². The standard InChI is InChI=1S/C12H15N/c1-10(2)9-11(3)13-12-7-5-4-6-8-12/h4-9H,1-3H3. The number of para-hydroxylation sites is 1. The number of hydrogen-bond acceptors (Lipinski definition) is 1. The SMILES string of the molecule is CC(C)=CC(C)=Nc1ccccc1. The van der Waals surface area contributed by atoms with Gasteiger partial charge in [-0.2, -0.15) is 0 Å². The Balaban J connectivity index is 2.83. The molecule has 0 amide bonds. The highest BCUT2D eigenvalue weighted by Crippen LogP contribution is 2.10. The van der Waals surface area contributed by atoms with Crippen LogP contribution in [0.5, 0.6) is 0 Å². The lowest BCUT2D eigenvalue weighted by Gasteiger charge is -1.95. The Kier molecular flexibility index (Phi) is 3.44. The number of rotatable bonds is 2. The normalized spacial score (nSPS) is 11.2. The summed E-state index contributed by atoms with van der Waals surface area (Å²) in [6.07, 6.45) is 2.08. The topological polar surface area (TPSA) is 12.4 Å². The molecule has 0 bridgehead atoms. The average Bonchev–Trinajstić information content (AvgIpc) is 2.04. The molecule has 1 heteroatoms. The fourth-order valence-corrected chi connectivity index (χ4v) is 1.16. The lowest BCUT2D eigenvalue weighted by molar-refractivity contribution is 1.39. The van der Waals surface area contributed by atoms with Gasteiger partial charge in [0.25, 0.3) is 0 Å². The molecule has 0 heterocycles. The first-order chi connectivity index (χ1) is 6.18. The summed E-state index contributed by atoms with van der Waals surface area (Å²) in [5.41, 5.74) is 3.33. The molecular formula is C12H15N. The van der Waals surface area contributed by atoms with Gasteiger partial charge in [0, 0.05) is 5.71 Å². The molecule has 68 valence electrons. The molecular weight excluding hydrogens is 158 g/mol. The maximum Gasteiger partial charge on any atom is 0.0632 e. The highest BCUT2D eigenvalue weighted by atomic mass is 14.7. The average molecular weight is 173 g/mol. The first-order valence-electron chi connectivity index (χ1n) is 4.44. The van der Waals surface area contributed by atoms with E-state index in [1.165, 1.54) is 5.57 Å². The van der Waals surface area contributed by atoms with Gasteiger partial charge in [0.15, 0.2) is 0 Å². The first kappa shape index (κ1) is 9.72. The molecule has 0 fully saturated rings. The Labute approximate surface area is 79.8 Å². The van der Waals surface area contributed by atoms with Crippen molar-refractivity contribution in [3.05, 3.63) is 42.0 Å². The van der Waals surface area contributed by atoms with Gasteiger partial charge in [0.2, 0.25) is 0 Å². The molecule has 0 aromatic heterocycles. The molecule has 0 spiro atoms. The van der Waals surface area contributed by atoms with E-state index in [0.29, 0.717) is 0 Å². The second-order valence-electron chi connectivity index (χ2n) is 3.31. The maximum absolute atomic E-state index is 4.44. The van der Waals surface area contributed by atoms with E-state index >= 15 is 0 Å². The monoisotopic (exact) mass is 173 g/mol. The summed E-state index contributed by atoms with van der Waals surface area (Å²) >= 11 is 0. The van der Waals surface area contributed by atoms with Gasteiger partial charge in [0.05, 0.1) is 5.69 Å². The molecule has 0 saturated heterocycles. The maximum atomic E-state index is 4.44. The summed E-state index contributed by atoms with van der Waals surface area (Å²) in [5, 5.41) is 0. The number of allylic oxidation sites excluding steroid dienone is 2. The predicted octanol–water partition coefficient (Wildman–Crippen LogP) is 3.75. The lowest BCUT2D eigenvalue weighted by Crippen LogP contribution is -1.84. The minimum Gasteiger partial charge on any atom is -0.254 e. The van der Waals surface area contributed by atoms with Gasteiger partial charge in [-0.3, -0.25) is 4.99 Å². The van der Waals surface area contributed by atoms with E-state index in [2.05, 4.69) is 24.9 Å². The van der Waals surface area contributed by atoms with Crippen molar-refractivity contribution >= 4 is 11.4 Å². The van der Waals surface area contributed by atoms with Gasteiger partial charge < -0.3 is 0 Å². The van der Waals surface area contributed by atoms with Crippen LogP contribution in [0.15, 0.2) is 47.0 Å². The van der Waals surface area contributed by atoms with Crippen molar-refractivity contribution in [1.82, 2.24) is 0 Å². The summed E-state index contributed by atoms with van der Waals surface area (Å²) in [5.74, 6) is 0. The van der Waals surface area contributed by atoms with Crippen LogP contribution in [0, 0.1) is 0 Å². The predicted molar refractivity (Wildman–Crippen MR) is 58.6 cm³/mol. The number of hydrogen-bond donors (Lipinski definition) is 0. The van der Waals surface area contributed by atoms with Crippen molar-refractivity contribution in [1.29, 1.82) is 0 Å². The van der Waals surface area contributed by atoms with Crippen molar-refractivity contribution in [3.63, 3.8) is 0 Å². The smallest absolute Gasteiger partial charge is 0.0632 e. The summed E-state index contributed by atoms with van der Waals surface area (Å²) < 4.78 is 0. The van der Waals surface area contributed by atoms with Crippen LogP contribution in [0.2, 0.25) is 0 Å². The van der Waals surface area contributed by atoms with E-state index in [9.17, 15) is 0 Å². The first-order valence-corrected chi connectivity index (χ1v) is 4.44. The molecule has 0 aliphatic carbocycles. The fourth-order valence-electron chi connectivity index (χ4n) is 1.16. The van der Waals surface area contributed by atoms with E-state index in [1.54, 1.807) is 0 Å². The van der Waals surface area contributed by atoms with Crippen molar-refractivity contribution in [2.45, 2.75) is 20.8 Å². The number of aliphatic imine (C=N–C) groups is 1. The summed E-state index contributed by atoms with van der Waals surface area (Å²) in [6.45, 7) is 6.16. The molecule has 1 rings (SSSR count). The van der Waals surface area contributed by atoms with Gasteiger partial charge in [-0.05, 0) is 39.0 Å². The van der Waals surface area contributed by atoms with E-state index in [0.717, 1.165) is 11.4 Å². The molecule has 0 saturated carbocycles. The zero-order valence-corrected chi connectivity index (χ0v) is 8.41. The molecule has 0 atom stereocenters. The molecule has 1 nitrogen and oxygen atoms in total. The Hall–Kier alpha value is -1.37. The summed E-state index contributed by atoms with van der Waals surface area (Å²) in [6, 6.07) is 9.99. The highest BCUT2D eigenvalue weighted by Gasteiger charge is 1.87. The van der Waals surface area contributed by atoms with Gasteiger partial charge in [0.1, 0.15) is 0 Å². The quantitative estimate of drug-likeness (QED) is 0.604. The second-order valence-corrected chi connectivity index (χ2v) is 3.31. The minimum atomic E-state index is 1.01. The zero-order chi connectivity index (χ0) is 9.68. The lowest BCUT2D eigenvalue weighted by atomic mass is 10.2. The summed E-state index contributed by atoms with van der Waals surface area (Å²) in [4.78, 5) is 4.44. The molecule has 1 aromatic rings. The zero-order valence-electron chi connectivity index (χ0n) is 8.41. The van der Waals surface area contributed by atoms with E-state index in [1.807, 2.05) is 37.3 Å². The molecule has 0 N–H and O–H groups in total. The van der Waals surface area contributed by atoms with Crippen LogP contribution in [0.1, 0.15) is 20.8 Å². The van der Waals surface area contributed by atoms with E-state index < -0.39 is 0 Å². The minimum absolute atomic E-state index is 1.01. The van der Waals surface area contributed by atoms with Crippen molar-refractivity contribution in [2.75, 3.05) is 0 Å². The molecule has 0 aliphatic heterocycles. The third-order valence-electron chi connectivity index (χ3n) is 1.56. The van der Waals surface area contributed by atoms with Crippen LogP contribution in [0.25, 0.3) is 0 Å². The Morgan fingerprint density at radius 2 is 1.69 bits per heavy atom. The van der Waals surface area contributed by atoms with Crippen molar-refractivity contribution in [3.8, 4) is 0 Å². The molecule has 0 radical (unpaired) electrons. The van der Waals surface area contributed by atoms with E-state index in [4.69, 9.17) is 0 Å². The fraction of sp³-hybridized carbons (Fsp3) is 0.250. The number of nitrogens with zero attached hydrogens (tertiary/aromatic N) is 1. The Morgan fingerprint density at radius 3 is 2.23 bits per heavy atom. The van der Waals surface area contributed by atoms with Crippen molar-refractivity contribution in [2.24, 2.45) is 4.99 Å². The van der Waals surface area contributed by atoms with Crippen LogP contribution in [0.3, 0.4) is 0 Å². The van der Waals surface area contributed by atoms with Gasteiger partial charge in [-0.25, -0.2) is 0 Å². The number of benzene rings is 1. The molecule has 1 aromatic carbocycles. The van der Waals surface area contributed by atoms with Gasteiger partial charge >= 0.3 is 0 Å². The van der Waals surface area contributed by atoms with Crippen molar-refractivity contribution < 1.29 is 0 Å². The third kappa shape index (κ3) is 3.70. The summed E-state index contributed by atoms with van der Waals surface area (Å²) in [7, 11) is 0. The van der Waals surface area contributed by atoms with E-state index in [-0.39, 0.29) is 0 Å². The highest BCUT2D eigenvalue weighted by molar-refractivity contribution is 5.95. The van der Waals surface area contributed by atoms with Gasteiger partial charge in [-0.1, -0.05) is 23.8 Å². The second kappa shape index (κ2) is 4.61. The largest absolute Gasteiger partial charge is 0.254 e.